The smallest absolute Gasteiger partial charge is 0.229 e. The van der Waals surface area contributed by atoms with Gasteiger partial charge >= 0.3 is 0 Å². The van der Waals surface area contributed by atoms with Crippen molar-refractivity contribution in [1.29, 1.82) is 0 Å². The molecule has 23 heavy (non-hydrogen) atoms. The zero-order valence-corrected chi connectivity index (χ0v) is 13.8. The van der Waals surface area contributed by atoms with E-state index in [0.29, 0.717) is 10.8 Å². The molecule has 1 aliphatic heterocycles. The molecular formula is C14H14N6OS2. The molecule has 1 N–H and O–H groups in total. The molecular weight excluding hydrogens is 332 g/mol. The molecule has 4 rings (SSSR count). The van der Waals surface area contributed by atoms with Gasteiger partial charge in [-0.2, -0.15) is 8.75 Å². The minimum Gasteiger partial charge on any atom is -0.370 e. The number of hydrogen-bond acceptors (Lipinski definition) is 8. The minimum absolute atomic E-state index is 0.0287. The Labute approximate surface area is 140 Å². The Morgan fingerprint density at radius 2 is 2.09 bits per heavy atom. The average molecular weight is 346 g/mol. The number of hydrogen-bond donors (Lipinski definition) is 1. The zero-order chi connectivity index (χ0) is 15.6. The summed E-state index contributed by atoms with van der Waals surface area (Å²) in [5, 5.41) is 5.42. The second-order valence-electron chi connectivity index (χ2n) is 5.35. The number of carbonyl (C=O) groups is 1. The van der Waals surface area contributed by atoms with Crippen molar-refractivity contribution in [1.82, 2.24) is 18.7 Å². The fourth-order valence-corrected chi connectivity index (χ4v) is 3.86. The van der Waals surface area contributed by atoms with Crippen LogP contribution in [0.15, 0.2) is 23.8 Å². The van der Waals surface area contributed by atoms with Crippen LogP contribution >= 0.6 is 23.1 Å². The Bertz CT molecular complexity index is 810. The van der Waals surface area contributed by atoms with Crippen molar-refractivity contribution in [2.24, 2.45) is 5.92 Å². The number of nitrogens with zero attached hydrogens (tertiary/aromatic N) is 5. The Hall–Kier alpha value is -2.13. The van der Waals surface area contributed by atoms with Crippen LogP contribution in [0.25, 0.3) is 11.2 Å². The van der Waals surface area contributed by atoms with Gasteiger partial charge in [0.1, 0.15) is 5.52 Å². The molecule has 0 aliphatic carbocycles. The second kappa shape index (κ2) is 6.17. The number of aromatic nitrogens is 4. The largest absolute Gasteiger partial charge is 0.370 e. The molecule has 7 nitrogen and oxygen atoms in total. The van der Waals surface area contributed by atoms with Gasteiger partial charge < -0.3 is 10.2 Å². The normalized spacial score (nSPS) is 15.9. The van der Waals surface area contributed by atoms with Gasteiger partial charge in [0, 0.05) is 36.8 Å². The van der Waals surface area contributed by atoms with E-state index in [9.17, 15) is 4.79 Å². The van der Waals surface area contributed by atoms with Crippen molar-refractivity contribution in [2.45, 2.75) is 12.8 Å². The summed E-state index contributed by atoms with van der Waals surface area (Å²) in [6, 6.07) is 1.97. The number of rotatable bonds is 3. The summed E-state index contributed by atoms with van der Waals surface area (Å²) in [5.74, 6) is 0.0934. The molecule has 0 unspecified atom stereocenters. The predicted molar refractivity (Wildman–Crippen MR) is 90.9 cm³/mol. The Kier molecular flexibility index (Phi) is 3.88. The van der Waals surface area contributed by atoms with Crippen LogP contribution in [-0.2, 0) is 4.79 Å². The first-order valence-electron chi connectivity index (χ1n) is 7.34. The Morgan fingerprint density at radius 3 is 2.87 bits per heavy atom. The first-order valence-corrected chi connectivity index (χ1v) is 8.95. The highest BCUT2D eigenvalue weighted by atomic mass is 32.1. The number of anilines is 2. The molecule has 0 spiro atoms. The van der Waals surface area contributed by atoms with Crippen LogP contribution < -0.4 is 10.2 Å². The van der Waals surface area contributed by atoms with E-state index in [1.54, 1.807) is 12.4 Å². The summed E-state index contributed by atoms with van der Waals surface area (Å²) in [4.78, 5) is 22.9. The topological polar surface area (TPSA) is 83.9 Å². The van der Waals surface area contributed by atoms with Crippen molar-refractivity contribution >= 4 is 51.0 Å². The van der Waals surface area contributed by atoms with E-state index in [0.717, 1.165) is 37.1 Å². The number of fused-ring (bicyclic) bond motifs is 1. The molecule has 3 aromatic heterocycles. The highest BCUT2D eigenvalue weighted by Gasteiger charge is 2.26. The maximum atomic E-state index is 12.3. The third-order valence-corrected chi connectivity index (χ3v) is 5.22. The standard InChI is InChI=1S/C14H14N6OS2/c21-13(17-14-16-5-8-22-14)9-2-6-20(7-3-9)10-1-4-15-12-11(10)18-23-19-12/h1,4-5,8-9H,2-3,6-7H2,(H,16,17,21). The monoisotopic (exact) mass is 346 g/mol. The molecule has 3 aromatic rings. The highest BCUT2D eigenvalue weighted by Crippen LogP contribution is 2.28. The van der Waals surface area contributed by atoms with Gasteiger partial charge in [-0.1, -0.05) is 0 Å². The molecule has 0 saturated carbocycles. The fourth-order valence-electron chi connectivity index (χ4n) is 2.82. The molecule has 0 bridgehead atoms. The van der Waals surface area contributed by atoms with Crippen molar-refractivity contribution < 1.29 is 4.79 Å². The number of nitrogens with one attached hydrogen (secondary N) is 1. The van der Waals surface area contributed by atoms with Gasteiger partial charge in [0.2, 0.25) is 5.91 Å². The second-order valence-corrected chi connectivity index (χ2v) is 6.78. The minimum atomic E-state index is 0.0287. The number of amides is 1. The van der Waals surface area contributed by atoms with Gasteiger partial charge in [-0.05, 0) is 18.9 Å². The third kappa shape index (κ3) is 2.89. The van der Waals surface area contributed by atoms with E-state index in [-0.39, 0.29) is 11.8 Å². The van der Waals surface area contributed by atoms with Gasteiger partial charge in [-0.25, -0.2) is 9.97 Å². The molecule has 9 heteroatoms. The van der Waals surface area contributed by atoms with Crippen LogP contribution in [-0.4, -0.2) is 37.7 Å². The molecule has 1 aliphatic rings. The van der Waals surface area contributed by atoms with Crippen molar-refractivity contribution in [3.05, 3.63) is 23.8 Å². The Balaban J connectivity index is 1.43. The van der Waals surface area contributed by atoms with E-state index in [2.05, 4.69) is 28.9 Å². The van der Waals surface area contributed by atoms with Gasteiger partial charge in [0.25, 0.3) is 0 Å². The lowest BCUT2D eigenvalue weighted by Gasteiger charge is -2.32. The van der Waals surface area contributed by atoms with Crippen LogP contribution in [0.4, 0.5) is 10.8 Å². The lowest BCUT2D eigenvalue weighted by atomic mass is 9.95. The van der Waals surface area contributed by atoms with Crippen LogP contribution in [0, 0.1) is 5.92 Å². The van der Waals surface area contributed by atoms with Gasteiger partial charge in [0.15, 0.2) is 10.8 Å². The maximum Gasteiger partial charge on any atom is 0.229 e. The highest BCUT2D eigenvalue weighted by molar-refractivity contribution is 7.13. The molecule has 0 atom stereocenters. The van der Waals surface area contributed by atoms with Crippen LogP contribution in [0.1, 0.15) is 12.8 Å². The van der Waals surface area contributed by atoms with E-state index in [1.807, 2.05) is 11.4 Å². The van der Waals surface area contributed by atoms with E-state index < -0.39 is 0 Å². The maximum absolute atomic E-state index is 12.3. The van der Waals surface area contributed by atoms with Crippen molar-refractivity contribution in [3.8, 4) is 0 Å². The molecule has 4 heterocycles. The SMILES string of the molecule is O=C(Nc1nccs1)C1CCN(c2ccnc3nsnc23)CC1. The van der Waals surface area contributed by atoms with E-state index in [4.69, 9.17) is 0 Å². The number of thiazole rings is 1. The molecule has 1 amide bonds. The number of piperidine rings is 1. The molecule has 118 valence electrons. The summed E-state index contributed by atoms with van der Waals surface area (Å²) >= 11 is 2.62. The van der Waals surface area contributed by atoms with Gasteiger partial charge in [0.05, 0.1) is 17.4 Å². The predicted octanol–water partition coefficient (Wildman–Crippen LogP) is 2.40. The van der Waals surface area contributed by atoms with E-state index >= 15 is 0 Å². The molecule has 1 saturated heterocycles. The average Bonchev–Trinajstić information content (AvgIpc) is 3.25. The van der Waals surface area contributed by atoms with Crippen molar-refractivity contribution in [3.63, 3.8) is 0 Å². The summed E-state index contributed by atoms with van der Waals surface area (Å²) in [6.45, 7) is 1.65. The molecule has 1 fully saturated rings. The quantitative estimate of drug-likeness (QED) is 0.784. The lowest BCUT2D eigenvalue weighted by Crippen LogP contribution is -2.38. The lowest BCUT2D eigenvalue weighted by molar-refractivity contribution is -0.120. The third-order valence-electron chi connectivity index (χ3n) is 4.01. The Morgan fingerprint density at radius 1 is 1.22 bits per heavy atom. The van der Waals surface area contributed by atoms with Crippen LogP contribution in [0.5, 0.6) is 0 Å². The van der Waals surface area contributed by atoms with Gasteiger partial charge in [-0.15, -0.1) is 11.3 Å². The number of pyridine rings is 1. The number of carbonyl (C=O) groups excluding carboxylic acids is 1. The molecule has 0 aromatic carbocycles. The zero-order valence-electron chi connectivity index (χ0n) is 12.2. The first-order chi connectivity index (χ1) is 11.3. The van der Waals surface area contributed by atoms with Crippen molar-refractivity contribution in [2.75, 3.05) is 23.3 Å². The van der Waals surface area contributed by atoms with Gasteiger partial charge in [-0.3, -0.25) is 4.79 Å². The first kappa shape index (κ1) is 14.5. The molecule has 0 radical (unpaired) electrons. The van der Waals surface area contributed by atoms with Crippen LogP contribution in [0.2, 0.25) is 0 Å². The van der Waals surface area contributed by atoms with E-state index in [1.165, 1.54) is 23.1 Å². The summed E-state index contributed by atoms with van der Waals surface area (Å²) in [6.07, 6.45) is 5.09. The fraction of sp³-hybridized carbons (Fsp3) is 0.357. The summed E-state index contributed by atoms with van der Waals surface area (Å²) < 4.78 is 8.52. The van der Waals surface area contributed by atoms with Crippen LogP contribution in [0.3, 0.4) is 0 Å². The summed E-state index contributed by atoms with van der Waals surface area (Å²) in [7, 11) is 0. The summed E-state index contributed by atoms with van der Waals surface area (Å²) in [5.41, 5.74) is 2.60.